The quantitative estimate of drug-likeness (QED) is 0.881. The Morgan fingerprint density at radius 1 is 1.18 bits per heavy atom. The van der Waals surface area contributed by atoms with E-state index in [-0.39, 0.29) is 6.10 Å². The van der Waals surface area contributed by atoms with Crippen molar-refractivity contribution in [3.63, 3.8) is 0 Å². The highest BCUT2D eigenvalue weighted by atomic mass is 16.5. The lowest BCUT2D eigenvalue weighted by Crippen LogP contribution is -2.48. The van der Waals surface area contributed by atoms with Crippen LogP contribution in [0.3, 0.4) is 0 Å². The minimum absolute atomic E-state index is 0.236. The third-order valence-electron chi connectivity index (χ3n) is 5.61. The summed E-state index contributed by atoms with van der Waals surface area (Å²) in [6.07, 6.45) is 5.23. The number of hydrogen-bond donors (Lipinski definition) is 2. The normalized spacial score (nSPS) is 31.8. The number of piperidine rings is 1. The fraction of sp³-hybridized carbons (Fsp3) is 0.667. The van der Waals surface area contributed by atoms with E-state index in [0.29, 0.717) is 12.0 Å². The van der Waals surface area contributed by atoms with Gasteiger partial charge in [0.05, 0.1) is 13.2 Å². The van der Waals surface area contributed by atoms with E-state index in [1.807, 2.05) is 0 Å². The van der Waals surface area contributed by atoms with Gasteiger partial charge in [0.15, 0.2) is 0 Å². The number of benzene rings is 1. The maximum atomic E-state index is 6.22. The van der Waals surface area contributed by atoms with E-state index in [2.05, 4.69) is 28.8 Å². The van der Waals surface area contributed by atoms with Crippen LogP contribution in [0.5, 0.6) is 5.75 Å². The second kappa shape index (κ2) is 6.09. The zero-order chi connectivity index (χ0) is 14.9. The Bertz CT molecular complexity index is 528. The Kier molecular flexibility index (Phi) is 3.97. The van der Waals surface area contributed by atoms with Crippen molar-refractivity contribution < 1.29 is 9.47 Å². The van der Waals surface area contributed by atoms with Gasteiger partial charge in [-0.05, 0) is 62.9 Å². The van der Waals surface area contributed by atoms with Crippen LogP contribution >= 0.6 is 0 Å². The first kappa shape index (κ1) is 14.3. The van der Waals surface area contributed by atoms with Crippen LogP contribution in [0.15, 0.2) is 18.2 Å². The average Bonchev–Trinajstić information content (AvgIpc) is 2.61. The highest BCUT2D eigenvalue weighted by Crippen LogP contribution is 2.47. The van der Waals surface area contributed by atoms with E-state index in [9.17, 15) is 0 Å². The van der Waals surface area contributed by atoms with Gasteiger partial charge in [0, 0.05) is 29.8 Å². The summed E-state index contributed by atoms with van der Waals surface area (Å²) in [7, 11) is 1.73. The number of nitrogens with one attached hydrogen (secondary N) is 2. The zero-order valence-electron chi connectivity index (χ0n) is 13.3. The lowest BCUT2D eigenvalue weighted by Gasteiger charge is -2.47. The van der Waals surface area contributed by atoms with Crippen molar-refractivity contribution >= 4 is 5.69 Å². The minimum Gasteiger partial charge on any atom is -0.497 e. The molecule has 120 valence electrons. The third kappa shape index (κ3) is 2.48. The lowest BCUT2D eigenvalue weighted by atomic mass is 9.73. The summed E-state index contributed by atoms with van der Waals surface area (Å²) >= 11 is 0. The maximum Gasteiger partial charge on any atom is 0.119 e. The average molecular weight is 302 g/mol. The topological polar surface area (TPSA) is 42.5 Å². The van der Waals surface area contributed by atoms with Crippen molar-refractivity contribution in [3.8, 4) is 5.75 Å². The predicted octanol–water partition coefficient (Wildman–Crippen LogP) is 2.96. The van der Waals surface area contributed by atoms with Crippen LogP contribution < -0.4 is 15.4 Å². The van der Waals surface area contributed by atoms with Gasteiger partial charge < -0.3 is 20.1 Å². The maximum absolute atomic E-state index is 6.22. The Balaban J connectivity index is 1.67. The number of ether oxygens (including phenoxy) is 2. The molecule has 3 heterocycles. The number of hydrogen-bond acceptors (Lipinski definition) is 4. The molecule has 1 aromatic rings. The molecule has 0 bridgehead atoms. The number of anilines is 1. The van der Waals surface area contributed by atoms with Crippen molar-refractivity contribution in [1.82, 2.24) is 5.32 Å². The molecule has 3 atom stereocenters. The third-order valence-corrected chi connectivity index (χ3v) is 5.61. The van der Waals surface area contributed by atoms with Gasteiger partial charge in [-0.25, -0.2) is 0 Å². The summed E-state index contributed by atoms with van der Waals surface area (Å²) < 4.78 is 11.6. The lowest BCUT2D eigenvalue weighted by molar-refractivity contribution is -0.0455. The van der Waals surface area contributed by atoms with Gasteiger partial charge >= 0.3 is 0 Å². The first-order valence-electron chi connectivity index (χ1n) is 8.63. The van der Waals surface area contributed by atoms with Gasteiger partial charge in [0.1, 0.15) is 5.75 Å². The molecule has 1 aromatic carbocycles. The summed E-state index contributed by atoms with van der Waals surface area (Å²) in [4.78, 5) is 0. The zero-order valence-corrected chi connectivity index (χ0v) is 13.3. The smallest absolute Gasteiger partial charge is 0.119 e. The molecule has 0 aromatic heterocycles. The fourth-order valence-electron chi connectivity index (χ4n) is 4.48. The molecule has 0 aliphatic carbocycles. The highest BCUT2D eigenvalue weighted by molar-refractivity contribution is 5.58. The van der Waals surface area contributed by atoms with E-state index in [1.165, 1.54) is 36.9 Å². The van der Waals surface area contributed by atoms with Crippen LogP contribution in [0.25, 0.3) is 0 Å². The summed E-state index contributed by atoms with van der Waals surface area (Å²) in [5.74, 6) is 2.27. The van der Waals surface area contributed by atoms with Crippen molar-refractivity contribution in [2.45, 2.75) is 37.8 Å². The van der Waals surface area contributed by atoms with Gasteiger partial charge in [0.2, 0.25) is 0 Å². The van der Waals surface area contributed by atoms with Gasteiger partial charge in [0.25, 0.3) is 0 Å². The molecule has 22 heavy (non-hydrogen) atoms. The van der Waals surface area contributed by atoms with E-state index in [1.54, 1.807) is 7.11 Å². The molecular weight excluding hydrogens is 276 g/mol. The van der Waals surface area contributed by atoms with E-state index < -0.39 is 0 Å². The second-order valence-electron chi connectivity index (χ2n) is 6.81. The highest BCUT2D eigenvalue weighted by Gasteiger charge is 2.42. The molecule has 2 fully saturated rings. The molecular formula is C18H26N2O2. The van der Waals surface area contributed by atoms with Crippen LogP contribution in [0.1, 0.15) is 37.4 Å². The second-order valence-corrected chi connectivity index (χ2v) is 6.81. The number of rotatable bonds is 2. The Morgan fingerprint density at radius 3 is 2.86 bits per heavy atom. The van der Waals surface area contributed by atoms with Gasteiger partial charge in [-0.3, -0.25) is 0 Å². The van der Waals surface area contributed by atoms with Crippen molar-refractivity contribution in [2.75, 3.05) is 32.1 Å². The molecule has 3 aliphatic heterocycles. The van der Waals surface area contributed by atoms with E-state index in [4.69, 9.17) is 9.47 Å². The van der Waals surface area contributed by atoms with Crippen molar-refractivity contribution in [2.24, 2.45) is 11.8 Å². The van der Waals surface area contributed by atoms with Crippen LogP contribution in [0.2, 0.25) is 0 Å². The van der Waals surface area contributed by atoms with Crippen LogP contribution in [-0.4, -0.2) is 32.8 Å². The monoisotopic (exact) mass is 302 g/mol. The van der Waals surface area contributed by atoms with Crippen molar-refractivity contribution in [3.05, 3.63) is 23.8 Å². The van der Waals surface area contributed by atoms with E-state index in [0.717, 1.165) is 31.4 Å². The summed E-state index contributed by atoms with van der Waals surface area (Å²) in [5.41, 5.74) is 2.53. The Morgan fingerprint density at radius 2 is 2.05 bits per heavy atom. The van der Waals surface area contributed by atoms with Crippen molar-refractivity contribution in [1.29, 1.82) is 0 Å². The number of methoxy groups -OCH3 is 1. The Hall–Kier alpha value is -1.26. The molecule has 2 saturated heterocycles. The number of fused-ring (bicyclic) bond motifs is 3. The van der Waals surface area contributed by atoms with Gasteiger partial charge in [-0.2, -0.15) is 0 Å². The fourth-order valence-corrected chi connectivity index (χ4v) is 4.48. The predicted molar refractivity (Wildman–Crippen MR) is 87.4 cm³/mol. The van der Waals surface area contributed by atoms with E-state index >= 15 is 0 Å². The molecule has 0 amide bonds. The van der Waals surface area contributed by atoms with Crippen LogP contribution in [0.4, 0.5) is 5.69 Å². The molecule has 0 saturated carbocycles. The van der Waals surface area contributed by atoms with Crippen LogP contribution in [0, 0.1) is 11.8 Å². The summed E-state index contributed by atoms with van der Waals surface area (Å²) in [6, 6.07) is 6.92. The molecule has 0 spiro atoms. The largest absolute Gasteiger partial charge is 0.497 e. The molecule has 4 heteroatoms. The summed E-state index contributed by atoms with van der Waals surface area (Å²) in [6.45, 7) is 3.18. The molecule has 4 nitrogen and oxygen atoms in total. The molecule has 0 radical (unpaired) electrons. The first-order chi connectivity index (χ1) is 10.9. The van der Waals surface area contributed by atoms with Crippen LogP contribution in [-0.2, 0) is 4.74 Å². The Labute approximate surface area is 132 Å². The molecule has 4 rings (SSSR count). The first-order valence-corrected chi connectivity index (χ1v) is 8.63. The van der Waals surface area contributed by atoms with Gasteiger partial charge in [-0.1, -0.05) is 0 Å². The summed E-state index contributed by atoms with van der Waals surface area (Å²) in [5, 5.41) is 7.34. The molecule has 0 unspecified atom stereocenters. The standard InChI is InChI=1S/C18H26N2O2/c1-21-13-4-5-16-15(11-13)18-14(3-2-10-22-18)17(20-16)12-6-8-19-9-7-12/h4-5,11-12,14,17-20H,2-3,6-10H2,1H3/t14-,17+,18-/m0/s1. The minimum atomic E-state index is 0.236. The molecule has 2 N–H and O–H groups in total. The van der Waals surface area contributed by atoms with Gasteiger partial charge in [-0.15, -0.1) is 0 Å². The molecule has 3 aliphatic rings. The SMILES string of the molecule is COc1ccc2c(c1)[C@H]1OCCC[C@H]1[C@@H](C1CCNCC1)N2.